The van der Waals surface area contributed by atoms with Crippen LogP contribution in [0, 0.1) is 0 Å². The van der Waals surface area contributed by atoms with E-state index in [1.165, 1.54) is 27.8 Å². The lowest BCUT2D eigenvalue weighted by molar-refractivity contribution is 0.276. The Morgan fingerprint density at radius 3 is 2.36 bits per heavy atom. The summed E-state index contributed by atoms with van der Waals surface area (Å²) in [6, 6.07) is 15.6. The summed E-state index contributed by atoms with van der Waals surface area (Å²) in [4.78, 5) is 0. The first kappa shape index (κ1) is 15.5. The van der Waals surface area contributed by atoms with Crippen molar-refractivity contribution in [1.29, 1.82) is 0 Å². The van der Waals surface area contributed by atoms with Crippen molar-refractivity contribution in [2.75, 3.05) is 0 Å². The summed E-state index contributed by atoms with van der Waals surface area (Å²) in [5.74, 6) is 0. The van der Waals surface area contributed by atoms with Crippen molar-refractivity contribution < 1.29 is 4.43 Å². The zero-order valence-corrected chi connectivity index (χ0v) is 15.4. The summed E-state index contributed by atoms with van der Waals surface area (Å²) in [5, 5.41) is 0.264. The summed E-state index contributed by atoms with van der Waals surface area (Å²) in [6.07, 6.45) is 1.05. The van der Waals surface area contributed by atoms with Crippen LogP contribution in [0.5, 0.6) is 0 Å². The van der Waals surface area contributed by atoms with Crippen molar-refractivity contribution in [3.63, 3.8) is 0 Å². The van der Waals surface area contributed by atoms with Crippen LogP contribution in [0.3, 0.4) is 0 Å². The minimum absolute atomic E-state index is 0.264. The van der Waals surface area contributed by atoms with Gasteiger partial charge in [-0.3, -0.25) is 0 Å². The van der Waals surface area contributed by atoms with Gasteiger partial charge in [0.2, 0.25) is 0 Å². The Kier molecular flexibility index (Phi) is 3.78. The summed E-state index contributed by atoms with van der Waals surface area (Å²) in [5.41, 5.74) is 6.98. The van der Waals surface area contributed by atoms with Gasteiger partial charge in [0.15, 0.2) is 8.32 Å². The average molecular weight is 311 g/mol. The topological polar surface area (TPSA) is 9.23 Å². The van der Waals surface area contributed by atoms with Crippen LogP contribution >= 0.6 is 0 Å². The molecule has 2 heteroatoms. The van der Waals surface area contributed by atoms with Crippen LogP contribution in [0.25, 0.3) is 11.1 Å². The molecule has 0 amide bonds. The van der Waals surface area contributed by atoms with Gasteiger partial charge in [-0.05, 0) is 52.4 Å². The van der Waals surface area contributed by atoms with Crippen molar-refractivity contribution in [1.82, 2.24) is 0 Å². The molecule has 0 saturated heterocycles. The predicted octanol–water partition coefficient (Wildman–Crippen LogP) is 5.78. The third-order valence-corrected chi connectivity index (χ3v) is 9.74. The van der Waals surface area contributed by atoms with Gasteiger partial charge in [0.25, 0.3) is 0 Å². The van der Waals surface area contributed by atoms with Gasteiger partial charge < -0.3 is 4.43 Å². The van der Waals surface area contributed by atoms with E-state index in [1.807, 2.05) is 0 Å². The number of benzene rings is 2. The Labute approximate surface area is 135 Å². The molecule has 116 valence electrons. The van der Waals surface area contributed by atoms with Crippen LogP contribution in [-0.4, -0.2) is 8.32 Å². The second-order valence-corrected chi connectivity index (χ2v) is 12.7. The van der Waals surface area contributed by atoms with E-state index in [2.05, 4.69) is 76.3 Å². The Hall–Kier alpha value is -1.38. The van der Waals surface area contributed by atoms with Crippen LogP contribution in [0.4, 0.5) is 0 Å². The number of fused-ring (bicyclic) bond motifs is 3. The van der Waals surface area contributed by atoms with Crippen LogP contribution in [0.1, 0.15) is 37.5 Å². The fraction of sp³-hybridized carbons (Fsp3) is 0.400. The second kappa shape index (κ2) is 5.36. The minimum Gasteiger partial charge on any atom is -0.413 e. The van der Waals surface area contributed by atoms with E-state index in [1.54, 1.807) is 0 Å². The van der Waals surface area contributed by atoms with Gasteiger partial charge in [-0.1, -0.05) is 63.2 Å². The van der Waals surface area contributed by atoms with Crippen molar-refractivity contribution >= 4 is 8.32 Å². The van der Waals surface area contributed by atoms with E-state index < -0.39 is 8.32 Å². The first-order valence-corrected chi connectivity index (χ1v) is 11.0. The Morgan fingerprint density at radius 2 is 1.64 bits per heavy atom. The molecular weight excluding hydrogens is 284 g/mol. The zero-order valence-electron chi connectivity index (χ0n) is 14.4. The normalized spacial score (nSPS) is 13.9. The highest BCUT2D eigenvalue weighted by atomic mass is 28.4. The second-order valence-electron chi connectivity index (χ2n) is 7.87. The van der Waals surface area contributed by atoms with E-state index in [9.17, 15) is 0 Å². The van der Waals surface area contributed by atoms with Crippen molar-refractivity contribution in [3.05, 3.63) is 59.2 Å². The Bertz CT molecular complexity index is 695. The molecule has 1 nitrogen and oxygen atoms in total. The van der Waals surface area contributed by atoms with Gasteiger partial charge in [-0.25, -0.2) is 0 Å². The highest BCUT2D eigenvalue weighted by Crippen LogP contribution is 2.39. The van der Waals surface area contributed by atoms with Gasteiger partial charge in [-0.2, -0.15) is 0 Å². The quantitative estimate of drug-likeness (QED) is 0.557. The number of hydrogen-bond acceptors (Lipinski definition) is 1. The maximum Gasteiger partial charge on any atom is 0.192 e. The standard InChI is InChI=1S/C20H26OSi/c1-20(2,3)22(4,5)21-14-15-10-11-19-17(12-15)13-16-8-6-7-9-18(16)19/h6-12H,13-14H2,1-5H3. The lowest BCUT2D eigenvalue weighted by Crippen LogP contribution is -2.40. The molecule has 3 rings (SSSR count). The van der Waals surface area contributed by atoms with E-state index in [0.29, 0.717) is 0 Å². The molecule has 0 fully saturated rings. The monoisotopic (exact) mass is 310 g/mol. The minimum atomic E-state index is -1.68. The molecule has 0 saturated carbocycles. The van der Waals surface area contributed by atoms with E-state index in [-0.39, 0.29) is 5.04 Å². The molecule has 0 heterocycles. The summed E-state index contributed by atoms with van der Waals surface area (Å²) >= 11 is 0. The maximum absolute atomic E-state index is 6.36. The predicted molar refractivity (Wildman–Crippen MR) is 96.7 cm³/mol. The van der Waals surface area contributed by atoms with Crippen molar-refractivity contribution in [2.24, 2.45) is 0 Å². The lowest BCUT2D eigenvalue weighted by atomic mass is 10.0. The van der Waals surface area contributed by atoms with Crippen molar-refractivity contribution in [3.8, 4) is 11.1 Å². The third-order valence-electron chi connectivity index (χ3n) is 5.26. The van der Waals surface area contributed by atoms with Gasteiger partial charge in [0.1, 0.15) is 0 Å². The van der Waals surface area contributed by atoms with E-state index in [4.69, 9.17) is 4.43 Å². The van der Waals surface area contributed by atoms with Gasteiger partial charge in [0.05, 0.1) is 6.61 Å². The molecule has 0 aliphatic heterocycles. The average Bonchev–Trinajstić information content (AvgIpc) is 2.81. The Balaban J connectivity index is 1.78. The molecule has 0 radical (unpaired) electrons. The third kappa shape index (κ3) is 2.78. The van der Waals surface area contributed by atoms with E-state index >= 15 is 0 Å². The largest absolute Gasteiger partial charge is 0.413 e. The smallest absolute Gasteiger partial charge is 0.192 e. The van der Waals surface area contributed by atoms with Crippen LogP contribution in [0.2, 0.25) is 18.1 Å². The fourth-order valence-corrected chi connectivity index (χ4v) is 3.73. The highest BCUT2D eigenvalue weighted by Gasteiger charge is 2.37. The van der Waals surface area contributed by atoms with Gasteiger partial charge >= 0.3 is 0 Å². The first-order valence-electron chi connectivity index (χ1n) is 8.12. The number of hydrogen-bond donors (Lipinski definition) is 0. The molecule has 1 aliphatic carbocycles. The summed E-state index contributed by atoms with van der Waals surface area (Å²) < 4.78 is 6.36. The Morgan fingerprint density at radius 1 is 0.955 bits per heavy atom. The molecule has 0 aromatic heterocycles. The molecule has 0 unspecified atom stereocenters. The summed E-state index contributed by atoms with van der Waals surface area (Å²) in [7, 11) is -1.68. The molecule has 1 aliphatic rings. The molecule has 0 atom stereocenters. The number of rotatable bonds is 3. The fourth-order valence-electron chi connectivity index (χ4n) is 2.77. The molecule has 0 spiro atoms. The molecule has 22 heavy (non-hydrogen) atoms. The zero-order chi connectivity index (χ0) is 16.0. The lowest BCUT2D eigenvalue weighted by Gasteiger charge is -2.36. The van der Waals surface area contributed by atoms with E-state index in [0.717, 1.165) is 13.0 Å². The van der Waals surface area contributed by atoms with Crippen LogP contribution in [-0.2, 0) is 17.5 Å². The molecule has 0 N–H and O–H groups in total. The highest BCUT2D eigenvalue weighted by molar-refractivity contribution is 6.74. The van der Waals surface area contributed by atoms with Crippen LogP contribution in [0.15, 0.2) is 42.5 Å². The maximum atomic E-state index is 6.36. The van der Waals surface area contributed by atoms with Crippen molar-refractivity contribution in [2.45, 2.75) is 51.9 Å². The van der Waals surface area contributed by atoms with Crippen LogP contribution < -0.4 is 0 Å². The molecular formula is C20H26OSi. The molecule has 2 aromatic rings. The summed E-state index contributed by atoms with van der Waals surface area (Å²) in [6.45, 7) is 12.2. The van der Waals surface area contributed by atoms with Gasteiger partial charge in [0, 0.05) is 0 Å². The first-order chi connectivity index (χ1) is 10.3. The molecule has 0 bridgehead atoms. The molecule has 2 aromatic carbocycles. The SMILES string of the molecule is CC(C)(C)[Si](C)(C)OCc1ccc2c(c1)Cc1ccccc1-2. The van der Waals surface area contributed by atoms with Gasteiger partial charge in [-0.15, -0.1) is 0 Å².